The molecule has 1 saturated carbocycles. The maximum atomic E-state index is 12.5. The van der Waals surface area contributed by atoms with Crippen molar-refractivity contribution >= 4 is 10.0 Å². The molecule has 8 heteroatoms. The summed E-state index contributed by atoms with van der Waals surface area (Å²) in [4.78, 5) is 2.32. The van der Waals surface area contributed by atoms with Crippen molar-refractivity contribution in [3.63, 3.8) is 0 Å². The van der Waals surface area contributed by atoms with Crippen molar-refractivity contribution in [3.8, 4) is 0 Å². The molecule has 2 saturated heterocycles. The Kier molecular flexibility index (Phi) is 3.75. The van der Waals surface area contributed by atoms with Crippen LogP contribution in [0.5, 0.6) is 0 Å². The van der Waals surface area contributed by atoms with Crippen LogP contribution in [-0.2, 0) is 21.3 Å². The third kappa shape index (κ3) is 2.71. The number of aryl methyl sites for hydroxylation is 2. The van der Waals surface area contributed by atoms with Crippen molar-refractivity contribution < 1.29 is 17.7 Å². The molecule has 128 valence electrons. The molecule has 0 N–H and O–H groups in total. The van der Waals surface area contributed by atoms with E-state index in [2.05, 4.69) is 10.1 Å². The normalized spacial score (nSPS) is 29.8. The molecule has 4 rings (SSSR count). The maximum Gasteiger partial charge on any atom is 0.217 e. The second kappa shape index (κ2) is 5.54. The first-order valence-electron chi connectivity index (χ1n) is 8.23. The third-order valence-electron chi connectivity index (χ3n) is 5.23. The van der Waals surface area contributed by atoms with Crippen LogP contribution in [0.1, 0.15) is 29.9 Å². The SMILES string of the molecule is Cc1noc(C)c1CN1CCO[C@H]2CN(S(=O)(=O)C3CC3)C[C@H]21. The van der Waals surface area contributed by atoms with Gasteiger partial charge < -0.3 is 9.26 Å². The molecule has 1 aliphatic carbocycles. The Hall–Kier alpha value is -0.960. The van der Waals surface area contributed by atoms with Gasteiger partial charge in [0.1, 0.15) is 5.76 Å². The van der Waals surface area contributed by atoms with Gasteiger partial charge in [0, 0.05) is 31.7 Å². The van der Waals surface area contributed by atoms with Crippen molar-refractivity contribution in [3.05, 3.63) is 17.0 Å². The number of nitrogens with zero attached hydrogens (tertiary/aromatic N) is 3. The van der Waals surface area contributed by atoms with Gasteiger partial charge in [0.15, 0.2) is 0 Å². The largest absolute Gasteiger partial charge is 0.374 e. The van der Waals surface area contributed by atoms with Crippen molar-refractivity contribution in [1.82, 2.24) is 14.4 Å². The summed E-state index contributed by atoms with van der Waals surface area (Å²) < 4.78 is 37.7. The molecule has 2 atom stereocenters. The van der Waals surface area contributed by atoms with Gasteiger partial charge in [-0.15, -0.1) is 0 Å². The molecule has 1 aromatic heterocycles. The number of hydrogen-bond acceptors (Lipinski definition) is 6. The van der Waals surface area contributed by atoms with E-state index in [1.165, 1.54) is 0 Å². The highest BCUT2D eigenvalue weighted by Crippen LogP contribution is 2.35. The lowest BCUT2D eigenvalue weighted by Gasteiger charge is -2.36. The lowest BCUT2D eigenvalue weighted by molar-refractivity contribution is -0.0504. The van der Waals surface area contributed by atoms with E-state index >= 15 is 0 Å². The second-order valence-electron chi connectivity index (χ2n) is 6.81. The maximum absolute atomic E-state index is 12.5. The average Bonchev–Trinajstić information content (AvgIpc) is 3.22. The Morgan fingerprint density at radius 2 is 2.04 bits per heavy atom. The molecule has 0 radical (unpaired) electrons. The van der Waals surface area contributed by atoms with Crippen LogP contribution in [0.3, 0.4) is 0 Å². The molecule has 7 nitrogen and oxygen atoms in total. The highest BCUT2D eigenvalue weighted by Gasteiger charge is 2.48. The summed E-state index contributed by atoms with van der Waals surface area (Å²) in [5.41, 5.74) is 2.01. The minimum atomic E-state index is -3.13. The van der Waals surface area contributed by atoms with Crippen LogP contribution in [0.2, 0.25) is 0 Å². The molecule has 0 spiro atoms. The summed E-state index contributed by atoms with van der Waals surface area (Å²) in [6, 6.07) is 0.117. The van der Waals surface area contributed by atoms with E-state index in [1.807, 2.05) is 13.8 Å². The standard InChI is InChI=1S/C15H23N3O4S/c1-10-13(11(2)22-16-10)7-17-5-6-21-15-9-18(8-14(15)17)23(19,20)12-3-4-12/h12,14-15H,3-9H2,1-2H3/t14-,15+/m1/s1. The minimum absolute atomic E-state index is 0.0299. The lowest BCUT2D eigenvalue weighted by Crippen LogP contribution is -2.50. The van der Waals surface area contributed by atoms with Gasteiger partial charge >= 0.3 is 0 Å². The number of morpholine rings is 1. The van der Waals surface area contributed by atoms with E-state index < -0.39 is 10.0 Å². The number of sulfonamides is 1. The first-order chi connectivity index (χ1) is 11.0. The molecule has 0 aromatic carbocycles. The molecule has 3 fully saturated rings. The fourth-order valence-electron chi connectivity index (χ4n) is 3.64. The quantitative estimate of drug-likeness (QED) is 0.801. The zero-order chi connectivity index (χ0) is 16.2. The first-order valence-corrected chi connectivity index (χ1v) is 9.73. The summed E-state index contributed by atoms with van der Waals surface area (Å²) in [5, 5.41) is 3.86. The van der Waals surface area contributed by atoms with Crippen LogP contribution in [0.25, 0.3) is 0 Å². The fourth-order valence-corrected chi connectivity index (χ4v) is 5.50. The van der Waals surface area contributed by atoms with Gasteiger partial charge in [0.05, 0.1) is 29.7 Å². The molecule has 23 heavy (non-hydrogen) atoms. The zero-order valence-corrected chi connectivity index (χ0v) is 14.4. The predicted octanol–water partition coefficient (Wildman–Crippen LogP) is 0.669. The van der Waals surface area contributed by atoms with Crippen LogP contribution in [-0.4, -0.2) is 66.4 Å². The molecule has 2 aliphatic heterocycles. The molecular weight excluding hydrogens is 318 g/mol. The number of aromatic nitrogens is 1. The molecule has 0 amide bonds. The Morgan fingerprint density at radius 3 is 2.70 bits per heavy atom. The number of hydrogen-bond donors (Lipinski definition) is 0. The topological polar surface area (TPSA) is 75.9 Å². The van der Waals surface area contributed by atoms with Gasteiger partial charge in [-0.25, -0.2) is 8.42 Å². The van der Waals surface area contributed by atoms with Gasteiger partial charge in [-0.1, -0.05) is 5.16 Å². The van der Waals surface area contributed by atoms with E-state index in [0.29, 0.717) is 19.7 Å². The fraction of sp³-hybridized carbons (Fsp3) is 0.800. The Balaban J connectivity index is 1.52. The van der Waals surface area contributed by atoms with Crippen LogP contribution in [0.15, 0.2) is 4.52 Å². The van der Waals surface area contributed by atoms with Crippen molar-refractivity contribution in [2.45, 2.75) is 50.6 Å². The summed E-state index contributed by atoms with van der Waals surface area (Å²) >= 11 is 0. The first kappa shape index (κ1) is 15.6. The van der Waals surface area contributed by atoms with Crippen LogP contribution in [0, 0.1) is 13.8 Å². The number of ether oxygens (including phenoxy) is 1. The Morgan fingerprint density at radius 1 is 1.26 bits per heavy atom. The molecular formula is C15H23N3O4S. The molecule has 1 aromatic rings. The van der Waals surface area contributed by atoms with Gasteiger partial charge in [-0.05, 0) is 26.7 Å². The van der Waals surface area contributed by atoms with Gasteiger partial charge in [0.25, 0.3) is 0 Å². The van der Waals surface area contributed by atoms with E-state index in [9.17, 15) is 8.42 Å². The van der Waals surface area contributed by atoms with Crippen LogP contribution in [0.4, 0.5) is 0 Å². The second-order valence-corrected chi connectivity index (χ2v) is 9.02. The van der Waals surface area contributed by atoms with Crippen LogP contribution >= 0.6 is 0 Å². The number of rotatable bonds is 4. The van der Waals surface area contributed by atoms with E-state index in [4.69, 9.17) is 9.26 Å². The van der Waals surface area contributed by atoms with Crippen LogP contribution < -0.4 is 0 Å². The summed E-state index contributed by atoms with van der Waals surface area (Å²) in [7, 11) is -3.13. The highest BCUT2D eigenvalue weighted by atomic mass is 32.2. The van der Waals surface area contributed by atoms with Crippen molar-refractivity contribution in [2.75, 3.05) is 26.2 Å². The molecule has 3 aliphatic rings. The number of fused-ring (bicyclic) bond motifs is 1. The van der Waals surface area contributed by atoms with Crippen molar-refractivity contribution in [2.24, 2.45) is 0 Å². The molecule has 3 heterocycles. The Bertz CT molecular complexity index is 678. The summed E-state index contributed by atoms with van der Waals surface area (Å²) in [5.74, 6) is 0.839. The smallest absolute Gasteiger partial charge is 0.217 e. The third-order valence-corrected chi connectivity index (χ3v) is 7.56. The van der Waals surface area contributed by atoms with E-state index in [1.54, 1.807) is 4.31 Å². The lowest BCUT2D eigenvalue weighted by atomic mass is 10.1. The molecule has 0 unspecified atom stereocenters. The van der Waals surface area contributed by atoms with Gasteiger partial charge in [-0.3, -0.25) is 4.90 Å². The summed E-state index contributed by atoms with van der Waals surface area (Å²) in [6.45, 7) is 7.08. The minimum Gasteiger partial charge on any atom is -0.374 e. The Labute approximate surface area is 136 Å². The average molecular weight is 341 g/mol. The van der Waals surface area contributed by atoms with E-state index in [-0.39, 0.29) is 17.4 Å². The highest BCUT2D eigenvalue weighted by molar-refractivity contribution is 7.90. The molecule has 0 bridgehead atoms. The monoisotopic (exact) mass is 341 g/mol. The van der Waals surface area contributed by atoms with Crippen molar-refractivity contribution in [1.29, 1.82) is 0 Å². The van der Waals surface area contributed by atoms with Gasteiger partial charge in [0.2, 0.25) is 10.0 Å². The van der Waals surface area contributed by atoms with E-state index in [0.717, 1.165) is 42.9 Å². The summed E-state index contributed by atoms with van der Waals surface area (Å²) in [6.07, 6.45) is 1.58. The van der Waals surface area contributed by atoms with Gasteiger partial charge in [-0.2, -0.15) is 4.31 Å². The zero-order valence-electron chi connectivity index (χ0n) is 13.6. The predicted molar refractivity (Wildman–Crippen MR) is 83.4 cm³/mol.